The van der Waals surface area contributed by atoms with Crippen molar-refractivity contribution in [2.75, 3.05) is 31.1 Å². The van der Waals surface area contributed by atoms with Gasteiger partial charge in [-0.05, 0) is 37.5 Å². The van der Waals surface area contributed by atoms with Crippen molar-refractivity contribution in [2.45, 2.75) is 50.8 Å². The van der Waals surface area contributed by atoms with Gasteiger partial charge in [0.2, 0.25) is 0 Å². The molecule has 0 radical (unpaired) electrons. The molecular weight excluding hydrogens is 416 g/mol. The molecule has 1 N–H and O–H groups in total. The molecule has 0 aliphatic carbocycles. The van der Waals surface area contributed by atoms with Gasteiger partial charge in [-0.25, -0.2) is 9.78 Å². The van der Waals surface area contributed by atoms with E-state index in [9.17, 15) is 9.90 Å². The Labute approximate surface area is 193 Å². The van der Waals surface area contributed by atoms with Crippen molar-refractivity contribution in [3.63, 3.8) is 0 Å². The fourth-order valence-corrected chi connectivity index (χ4v) is 5.74. The van der Waals surface area contributed by atoms with Crippen LogP contribution in [0.15, 0.2) is 42.5 Å². The number of hydrogen-bond acceptors (Lipinski definition) is 4. The number of carboxylic acid groups (broad SMARTS) is 1. The molecule has 1 spiro atoms. The van der Waals surface area contributed by atoms with Crippen LogP contribution in [0.5, 0.6) is 0 Å². The summed E-state index contributed by atoms with van der Waals surface area (Å²) in [6.07, 6.45) is 2.72. The summed E-state index contributed by atoms with van der Waals surface area (Å²) < 4.78 is 8.13. The second-order valence-electron chi connectivity index (χ2n) is 9.81. The first-order valence-corrected chi connectivity index (χ1v) is 12.0. The first-order valence-electron chi connectivity index (χ1n) is 12.0. The van der Waals surface area contributed by atoms with E-state index in [1.807, 2.05) is 19.1 Å². The minimum atomic E-state index is -0.892. The van der Waals surface area contributed by atoms with Crippen molar-refractivity contribution in [1.29, 1.82) is 0 Å². The van der Waals surface area contributed by atoms with Crippen LogP contribution < -0.4 is 4.90 Å². The third kappa shape index (κ3) is 3.50. The van der Waals surface area contributed by atoms with Crippen LogP contribution in [0, 0.1) is 0 Å². The highest BCUT2D eigenvalue weighted by Crippen LogP contribution is 2.38. The lowest BCUT2D eigenvalue weighted by Gasteiger charge is -2.55. The van der Waals surface area contributed by atoms with Crippen LogP contribution in [0.2, 0.25) is 0 Å². The van der Waals surface area contributed by atoms with E-state index < -0.39 is 6.09 Å². The predicted octanol–water partition coefficient (Wildman–Crippen LogP) is 3.92. The van der Waals surface area contributed by atoms with Gasteiger partial charge in [0.05, 0.1) is 28.9 Å². The molecule has 0 bridgehead atoms. The van der Waals surface area contributed by atoms with Crippen LogP contribution in [0.25, 0.3) is 11.0 Å². The van der Waals surface area contributed by atoms with Gasteiger partial charge in [0, 0.05) is 50.6 Å². The molecule has 33 heavy (non-hydrogen) atoms. The number of amides is 1. The molecule has 3 aromatic rings. The smallest absolute Gasteiger partial charge is 0.412 e. The Bertz CT molecular complexity index is 1190. The highest BCUT2D eigenvalue weighted by Gasteiger charge is 2.48. The molecule has 1 amide bonds. The summed E-state index contributed by atoms with van der Waals surface area (Å²) in [6.45, 7) is 6.76. The first kappa shape index (κ1) is 20.7. The van der Waals surface area contributed by atoms with Crippen LogP contribution >= 0.6 is 0 Å². The number of imidazole rings is 1. The summed E-state index contributed by atoms with van der Waals surface area (Å²) in [6, 6.07) is 14.5. The summed E-state index contributed by atoms with van der Waals surface area (Å²) >= 11 is 0. The fourth-order valence-electron chi connectivity index (χ4n) is 5.74. The minimum absolute atomic E-state index is 0.0224. The quantitative estimate of drug-likeness (QED) is 0.643. The molecule has 3 aliphatic heterocycles. The molecule has 2 aromatic carbocycles. The topological polar surface area (TPSA) is 70.8 Å². The summed E-state index contributed by atoms with van der Waals surface area (Å²) in [7, 11) is 0. The number of aryl methyl sites for hydroxylation is 1. The number of likely N-dealkylation sites (tertiary alicyclic amines) is 1. The maximum Gasteiger partial charge on any atom is 0.412 e. The summed E-state index contributed by atoms with van der Waals surface area (Å²) in [5, 5.41) is 9.81. The molecule has 172 valence electrons. The van der Waals surface area contributed by atoms with Crippen molar-refractivity contribution in [3.8, 4) is 0 Å². The van der Waals surface area contributed by atoms with E-state index in [0.717, 1.165) is 80.2 Å². The molecule has 7 nitrogen and oxygen atoms in total. The van der Waals surface area contributed by atoms with E-state index in [1.54, 1.807) is 0 Å². The van der Waals surface area contributed by atoms with E-state index in [4.69, 9.17) is 9.72 Å². The van der Waals surface area contributed by atoms with Crippen molar-refractivity contribution in [1.82, 2.24) is 14.5 Å². The van der Waals surface area contributed by atoms with Crippen LogP contribution in [0.3, 0.4) is 0 Å². The SMILES string of the molecule is C[C@H]1CCc2c(ccc3c2nc(Cc2ccccc2)n3CCN2CC3(CCO3)C2)N1C(=O)O. The molecular formula is C26H30N4O3. The Morgan fingerprint density at radius 3 is 2.67 bits per heavy atom. The van der Waals surface area contributed by atoms with Gasteiger partial charge in [-0.2, -0.15) is 0 Å². The van der Waals surface area contributed by atoms with E-state index in [-0.39, 0.29) is 11.6 Å². The molecule has 4 heterocycles. The molecule has 1 atom stereocenters. The van der Waals surface area contributed by atoms with Crippen LogP contribution in [0.4, 0.5) is 10.5 Å². The molecule has 0 unspecified atom stereocenters. The number of ether oxygens (including phenoxy) is 1. The van der Waals surface area contributed by atoms with E-state index in [0.29, 0.717) is 0 Å². The predicted molar refractivity (Wildman–Crippen MR) is 127 cm³/mol. The minimum Gasteiger partial charge on any atom is -0.465 e. The highest BCUT2D eigenvalue weighted by atomic mass is 16.5. The zero-order valence-corrected chi connectivity index (χ0v) is 19.0. The van der Waals surface area contributed by atoms with Gasteiger partial charge >= 0.3 is 6.09 Å². The number of anilines is 1. The third-order valence-corrected chi connectivity index (χ3v) is 7.63. The van der Waals surface area contributed by atoms with Crippen molar-refractivity contribution >= 4 is 22.8 Å². The Morgan fingerprint density at radius 2 is 1.97 bits per heavy atom. The lowest BCUT2D eigenvalue weighted by Crippen LogP contribution is -2.68. The summed E-state index contributed by atoms with van der Waals surface area (Å²) in [5.74, 6) is 1.04. The molecule has 2 fully saturated rings. The fraction of sp³-hybridized carbons (Fsp3) is 0.462. The van der Waals surface area contributed by atoms with Crippen LogP contribution in [0.1, 0.15) is 36.7 Å². The van der Waals surface area contributed by atoms with Gasteiger partial charge in [-0.1, -0.05) is 30.3 Å². The standard InChI is InChI=1S/C26H30N4O3/c1-18-7-8-20-21(30(18)25(31)32)9-10-22-24(20)27-23(15-19-5-3-2-4-6-19)29(22)13-12-28-16-26(17-28)11-14-33-26/h2-6,9-10,18H,7-8,11-17H2,1H3,(H,31,32)/t18-/m0/s1. The molecule has 1 aromatic heterocycles. The molecule has 6 rings (SSSR count). The Morgan fingerprint density at radius 1 is 1.18 bits per heavy atom. The zero-order valence-electron chi connectivity index (χ0n) is 19.0. The van der Waals surface area contributed by atoms with Gasteiger partial charge in [0.15, 0.2) is 0 Å². The van der Waals surface area contributed by atoms with Gasteiger partial charge in [-0.3, -0.25) is 9.80 Å². The number of aromatic nitrogens is 2. The number of carbonyl (C=O) groups is 1. The van der Waals surface area contributed by atoms with Crippen molar-refractivity contribution in [2.24, 2.45) is 0 Å². The normalized spacial score (nSPS) is 21.6. The molecule has 7 heteroatoms. The number of nitrogens with zero attached hydrogens (tertiary/aromatic N) is 4. The maximum atomic E-state index is 12.0. The first-order chi connectivity index (χ1) is 16.0. The van der Waals surface area contributed by atoms with Crippen LogP contribution in [-0.4, -0.2) is 63.5 Å². The summed E-state index contributed by atoms with van der Waals surface area (Å²) in [4.78, 5) is 21.0. The van der Waals surface area contributed by atoms with Gasteiger partial charge in [-0.15, -0.1) is 0 Å². The van der Waals surface area contributed by atoms with E-state index >= 15 is 0 Å². The van der Waals surface area contributed by atoms with Crippen LogP contribution in [-0.2, 0) is 24.1 Å². The van der Waals surface area contributed by atoms with Gasteiger partial charge in [0.25, 0.3) is 0 Å². The average molecular weight is 447 g/mol. The van der Waals surface area contributed by atoms with Crippen molar-refractivity contribution < 1.29 is 14.6 Å². The number of rotatable bonds is 5. The lowest BCUT2D eigenvalue weighted by molar-refractivity contribution is -0.221. The number of hydrogen-bond donors (Lipinski definition) is 1. The molecule has 2 saturated heterocycles. The molecule has 0 saturated carbocycles. The lowest BCUT2D eigenvalue weighted by atomic mass is 9.86. The molecule has 3 aliphatic rings. The van der Waals surface area contributed by atoms with Gasteiger partial charge in [0.1, 0.15) is 5.82 Å². The highest BCUT2D eigenvalue weighted by molar-refractivity contribution is 5.94. The third-order valence-electron chi connectivity index (χ3n) is 7.63. The monoisotopic (exact) mass is 446 g/mol. The van der Waals surface area contributed by atoms with Crippen molar-refractivity contribution in [3.05, 3.63) is 59.4 Å². The summed E-state index contributed by atoms with van der Waals surface area (Å²) in [5.41, 5.74) is 5.28. The Kier molecular flexibility index (Phi) is 4.92. The average Bonchev–Trinajstić information content (AvgIpc) is 3.09. The zero-order chi connectivity index (χ0) is 22.6. The Balaban J connectivity index is 1.36. The number of fused-ring (bicyclic) bond motifs is 3. The second-order valence-corrected chi connectivity index (χ2v) is 9.81. The Hall–Kier alpha value is -2.90. The van der Waals surface area contributed by atoms with E-state index in [2.05, 4.69) is 39.8 Å². The maximum absolute atomic E-state index is 12.0. The number of benzene rings is 2. The largest absolute Gasteiger partial charge is 0.465 e. The van der Waals surface area contributed by atoms with Gasteiger partial charge < -0.3 is 14.4 Å². The van der Waals surface area contributed by atoms with E-state index in [1.165, 1.54) is 16.9 Å². The second kappa shape index (κ2) is 7.85.